The van der Waals surface area contributed by atoms with Gasteiger partial charge in [0.05, 0.1) is 0 Å². The van der Waals surface area contributed by atoms with Crippen molar-refractivity contribution in [2.75, 3.05) is 0 Å². The molecule has 4 aliphatic carbocycles. The topological polar surface area (TPSA) is 94.5 Å². The maximum absolute atomic E-state index is 15.1. The Morgan fingerprint density at radius 1 is 0.467 bits per heavy atom. The van der Waals surface area contributed by atoms with Gasteiger partial charge in [-0.1, -0.05) is 39.5 Å². The molecule has 3 nitrogen and oxygen atoms in total. The molecule has 3 atom stereocenters. The van der Waals surface area contributed by atoms with Gasteiger partial charge in [-0.2, -0.15) is 0 Å². The van der Waals surface area contributed by atoms with Crippen LogP contribution in [-0.2, 0) is 0 Å². The molecule has 0 aromatic carbocycles. The Hall–Kier alpha value is -0.190. The second kappa shape index (κ2) is 12.7. The van der Waals surface area contributed by atoms with Crippen molar-refractivity contribution in [2.24, 2.45) is 47.3 Å². The summed E-state index contributed by atoms with van der Waals surface area (Å²) in [6.07, 6.45) is 20.0. The largest absolute Gasteiger partial charge is 0.412 e. The Balaban J connectivity index is 0.00000225. The molecular weight excluding hydrogens is 379 g/mol. The monoisotopic (exact) mass is 432 g/mol. The van der Waals surface area contributed by atoms with E-state index in [1.165, 1.54) is 89.9 Å². The zero-order valence-corrected chi connectivity index (χ0v) is 19.7. The summed E-state index contributed by atoms with van der Waals surface area (Å²) in [5.74, 6) is 6.59. The Bertz CT molecular complexity index is 456. The minimum Gasteiger partial charge on any atom is -0.412 e. The lowest BCUT2D eigenvalue weighted by Crippen LogP contribution is -2.37. The Morgan fingerprint density at radius 2 is 0.800 bits per heavy atom. The lowest BCUT2D eigenvalue weighted by Gasteiger charge is -2.44. The van der Waals surface area contributed by atoms with Crippen molar-refractivity contribution >= 4 is 0 Å². The molecule has 0 heterocycles. The minimum absolute atomic E-state index is 0. The van der Waals surface area contributed by atoms with Crippen molar-refractivity contribution in [2.45, 2.75) is 116 Å². The Labute approximate surface area is 186 Å². The molecule has 4 saturated carbocycles. The summed E-state index contributed by atoms with van der Waals surface area (Å²) in [5, 5.41) is 0. The van der Waals surface area contributed by atoms with E-state index in [0.717, 1.165) is 36.0 Å². The molecule has 0 aromatic rings. The van der Waals surface area contributed by atoms with Crippen molar-refractivity contribution in [3.63, 3.8) is 0 Å². The molecule has 0 aliphatic heterocycles. The van der Waals surface area contributed by atoms with Gasteiger partial charge in [-0.25, -0.2) is 4.39 Å². The first-order valence-corrected chi connectivity index (χ1v) is 12.7. The fraction of sp³-hybridized carbons (Fsp3) is 1.00. The highest BCUT2D eigenvalue weighted by Gasteiger charge is 2.40. The molecule has 0 bridgehead atoms. The van der Waals surface area contributed by atoms with Crippen LogP contribution in [0, 0.1) is 47.3 Å². The molecular formula is C26H53FO3. The van der Waals surface area contributed by atoms with Crippen molar-refractivity contribution < 1.29 is 22.2 Å². The van der Waals surface area contributed by atoms with Crippen LogP contribution in [0.5, 0.6) is 0 Å². The number of hydrogen-bond acceptors (Lipinski definition) is 0. The lowest BCUT2D eigenvalue weighted by atomic mass is 9.63. The fourth-order valence-corrected chi connectivity index (χ4v) is 7.69. The van der Waals surface area contributed by atoms with Gasteiger partial charge >= 0.3 is 0 Å². The standard InChI is InChI=1S/C26H45F.3H2O.H2/c1-18-3-7-20(8-4-18)21-11-13-22(14-12-21)24-15-16-25(26(27)17-24)23-9-5-19(2)6-10-23;;;;/h18-26H,3-17H2,1-2H3;3*1H2;1H. The van der Waals surface area contributed by atoms with Gasteiger partial charge in [0.1, 0.15) is 6.17 Å². The second-order valence-electron chi connectivity index (χ2n) is 11.5. The van der Waals surface area contributed by atoms with Gasteiger partial charge in [-0.3, -0.25) is 0 Å². The third-order valence-corrected chi connectivity index (χ3v) is 9.74. The van der Waals surface area contributed by atoms with Crippen LogP contribution in [0.1, 0.15) is 112 Å². The van der Waals surface area contributed by atoms with Crippen molar-refractivity contribution in [3.05, 3.63) is 0 Å². The van der Waals surface area contributed by atoms with Gasteiger partial charge < -0.3 is 16.4 Å². The molecule has 0 spiro atoms. The average Bonchev–Trinajstić information content (AvgIpc) is 2.69. The Morgan fingerprint density at radius 3 is 1.23 bits per heavy atom. The van der Waals surface area contributed by atoms with Crippen LogP contribution < -0.4 is 0 Å². The lowest BCUT2D eigenvalue weighted by molar-refractivity contribution is 0.0297. The highest BCUT2D eigenvalue weighted by atomic mass is 19.1. The van der Waals surface area contributed by atoms with Crippen molar-refractivity contribution in [1.29, 1.82) is 0 Å². The SMILES string of the molecule is CC1CCC(C2CCC(C3CCC(C4CCC(C)CC4)C(F)C3)CC2)CC1.O.O.O.[HH]. The van der Waals surface area contributed by atoms with Gasteiger partial charge in [-0.15, -0.1) is 0 Å². The fourth-order valence-electron chi connectivity index (χ4n) is 7.69. The summed E-state index contributed by atoms with van der Waals surface area (Å²) in [5.41, 5.74) is 0. The van der Waals surface area contributed by atoms with E-state index < -0.39 is 6.17 Å². The molecule has 4 fully saturated rings. The van der Waals surface area contributed by atoms with Crippen LogP contribution in [0.25, 0.3) is 0 Å². The smallest absolute Gasteiger partial charge is 0.103 e. The van der Waals surface area contributed by atoms with Crippen molar-refractivity contribution in [1.82, 2.24) is 0 Å². The number of rotatable bonds is 3. The molecule has 4 rings (SSSR count). The van der Waals surface area contributed by atoms with Crippen LogP contribution in [0.3, 0.4) is 0 Å². The minimum atomic E-state index is -0.486. The van der Waals surface area contributed by atoms with Crippen LogP contribution in [-0.4, -0.2) is 22.6 Å². The molecule has 0 aromatic heterocycles. The summed E-state index contributed by atoms with van der Waals surface area (Å²) >= 11 is 0. The first kappa shape index (κ1) is 27.8. The summed E-state index contributed by atoms with van der Waals surface area (Å²) < 4.78 is 15.1. The molecule has 4 aliphatic rings. The number of hydrogen-bond donors (Lipinski definition) is 0. The predicted octanol–water partition coefficient (Wildman–Crippen LogP) is 5.97. The molecule has 30 heavy (non-hydrogen) atoms. The van der Waals surface area contributed by atoms with E-state index in [-0.39, 0.29) is 17.9 Å². The van der Waals surface area contributed by atoms with Gasteiger partial charge in [0, 0.05) is 1.43 Å². The van der Waals surface area contributed by atoms with Gasteiger partial charge in [-0.05, 0) is 118 Å². The van der Waals surface area contributed by atoms with E-state index in [1.54, 1.807) is 0 Å². The van der Waals surface area contributed by atoms with Gasteiger partial charge in [0.25, 0.3) is 0 Å². The van der Waals surface area contributed by atoms with E-state index in [1.807, 2.05) is 0 Å². The highest BCUT2D eigenvalue weighted by molar-refractivity contribution is 4.90. The maximum atomic E-state index is 15.1. The van der Waals surface area contributed by atoms with Crippen LogP contribution in [0.4, 0.5) is 4.39 Å². The zero-order valence-electron chi connectivity index (χ0n) is 19.7. The van der Waals surface area contributed by atoms with E-state index in [4.69, 9.17) is 0 Å². The summed E-state index contributed by atoms with van der Waals surface area (Å²) in [7, 11) is 0. The van der Waals surface area contributed by atoms with E-state index in [9.17, 15) is 0 Å². The normalized spacial score (nSPS) is 44.7. The van der Waals surface area contributed by atoms with Crippen LogP contribution in [0.2, 0.25) is 0 Å². The van der Waals surface area contributed by atoms with Crippen molar-refractivity contribution in [3.8, 4) is 0 Å². The molecule has 182 valence electrons. The average molecular weight is 433 g/mol. The molecule has 6 N–H and O–H groups in total. The summed E-state index contributed by atoms with van der Waals surface area (Å²) in [4.78, 5) is 0. The van der Waals surface area contributed by atoms with Gasteiger partial charge in [0.2, 0.25) is 0 Å². The quantitative estimate of drug-likeness (QED) is 0.525. The van der Waals surface area contributed by atoms with Crippen LogP contribution in [0.15, 0.2) is 0 Å². The maximum Gasteiger partial charge on any atom is 0.103 e. The van der Waals surface area contributed by atoms with Crippen LogP contribution >= 0.6 is 0 Å². The van der Waals surface area contributed by atoms with E-state index in [0.29, 0.717) is 17.8 Å². The number of halogens is 1. The predicted molar refractivity (Wildman–Crippen MR) is 126 cm³/mol. The molecule has 0 radical (unpaired) electrons. The third kappa shape index (κ3) is 6.65. The summed E-state index contributed by atoms with van der Waals surface area (Å²) in [6, 6.07) is 0. The summed E-state index contributed by atoms with van der Waals surface area (Å²) in [6.45, 7) is 4.81. The zero-order chi connectivity index (χ0) is 18.8. The first-order valence-electron chi connectivity index (χ1n) is 12.7. The first-order chi connectivity index (χ1) is 13.1. The molecule has 3 unspecified atom stereocenters. The van der Waals surface area contributed by atoms with Gasteiger partial charge in [0.15, 0.2) is 0 Å². The Kier molecular flexibility index (Phi) is 11.8. The molecule has 0 saturated heterocycles. The molecule has 4 heteroatoms. The second-order valence-corrected chi connectivity index (χ2v) is 11.5. The molecule has 0 amide bonds. The van der Waals surface area contributed by atoms with E-state index in [2.05, 4.69) is 13.8 Å². The highest BCUT2D eigenvalue weighted by Crippen LogP contribution is 2.48. The third-order valence-electron chi connectivity index (χ3n) is 9.74. The number of alkyl halides is 1. The van der Waals surface area contributed by atoms with E-state index >= 15 is 4.39 Å².